The van der Waals surface area contributed by atoms with Crippen molar-refractivity contribution in [1.82, 2.24) is 5.32 Å². The molecule has 148 valence electrons. The van der Waals surface area contributed by atoms with Gasteiger partial charge >= 0.3 is 0 Å². The standard InChI is InChI=1S/C22H20ClN3O2S/c1-13-8-9-15(10-17(13)23)11-19-21(28)26(18-7-5-4-6-14(18)2)22(29-19)16(12-24)20(27)25-3/h4-10,19H,11H2,1-3H3,(H,25,27)/b22-16+/t19-/m0/s1. The molecule has 2 amide bonds. The second-order valence-corrected chi connectivity index (χ2v) is 8.32. The molecule has 1 N–H and O–H groups in total. The molecule has 3 rings (SSSR count). The summed E-state index contributed by atoms with van der Waals surface area (Å²) in [5.41, 5.74) is 3.37. The number of nitrogens with one attached hydrogen (secondary N) is 1. The van der Waals surface area contributed by atoms with Gasteiger partial charge in [-0.25, -0.2) is 0 Å². The number of carbonyl (C=O) groups is 2. The number of hydrogen-bond donors (Lipinski definition) is 1. The number of benzene rings is 2. The lowest BCUT2D eigenvalue weighted by atomic mass is 10.1. The molecule has 2 aromatic carbocycles. The lowest BCUT2D eigenvalue weighted by molar-refractivity contribution is -0.117. The molecular formula is C22H20ClN3O2S. The van der Waals surface area contributed by atoms with Crippen molar-refractivity contribution >= 4 is 40.9 Å². The summed E-state index contributed by atoms with van der Waals surface area (Å²) in [6.07, 6.45) is 0.446. The van der Waals surface area contributed by atoms with Crippen LogP contribution in [0.3, 0.4) is 0 Å². The molecule has 0 unspecified atom stereocenters. The van der Waals surface area contributed by atoms with Crippen molar-refractivity contribution in [2.24, 2.45) is 0 Å². The van der Waals surface area contributed by atoms with Gasteiger partial charge in [-0.05, 0) is 49.1 Å². The minimum atomic E-state index is -0.514. The summed E-state index contributed by atoms with van der Waals surface area (Å²) in [5.74, 6) is -0.673. The molecule has 0 aliphatic carbocycles. The lowest BCUT2D eigenvalue weighted by Crippen LogP contribution is -2.31. The van der Waals surface area contributed by atoms with Gasteiger partial charge in [0.25, 0.3) is 5.91 Å². The number of nitrogens with zero attached hydrogens (tertiary/aromatic N) is 2. The number of aryl methyl sites for hydroxylation is 2. The Hall–Kier alpha value is -2.75. The molecule has 0 aromatic heterocycles. The van der Waals surface area contributed by atoms with Crippen LogP contribution in [0, 0.1) is 25.2 Å². The average Bonchev–Trinajstić information content (AvgIpc) is 3.01. The monoisotopic (exact) mass is 425 g/mol. The molecule has 1 fully saturated rings. The highest BCUT2D eigenvalue weighted by Crippen LogP contribution is 2.43. The number of thioether (sulfide) groups is 1. The summed E-state index contributed by atoms with van der Waals surface area (Å²) < 4.78 is 0. The Kier molecular flexibility index (Phi) is 6.31. The second kappa shape index (κ2) is 8.73. The number of para-hydroxylation sites is 1. The summed E-state index contributed by atoms with van der Waals surface area (Å²) in [5, 5.41) is 12.6. The van der Waals surface area contributed by atoms with E-state index in [1.54, 1.807) is 0 Å². The van der Waals surface area contributed by atoms with Crippen LogP contribution < -0.4 is 10.2 Å². The van der Waals surface area contributed by atoms with Crippen molar-refractivity contribution < 1.29 is 9.59 Å². The Bertz CT molecular complexity index is 1060. The highest BCUT2D eigenvalue weighted by atomic mass is 35.5. The minimum Gasteiger partial charge on any atom is -0.354 e. The van der Waals surface area contributed by atoms with E-state index in [0.29, 0.717) is 22.2 Å². The zero-order valence-electron chi connectivity index (χ0n) is 16.3. The van der Waals surface area contributed by atoms with Crippen molar-refractivity contribution in [2.45, 2.75) is 25.5 Å². The van der Waals surface area contributed by atoms with Gasteiger partial charge in [0.15, 0.2) is 0 Å². The summed E-state index contributed by atoms with van der Waals surface area (Å²) in [4.78, 5) is 27.1. The van der Waals surface area contributed by atoms with Gasteiger partial charge in [0.1, 0.15) is 16.7 Å². The predicted octanol–water partition coefficient (Wildman–Crippen LogP) is 4.13. The van der Waals surface area contributed by atoms with E-state index in [1.807, 2.05) is 62.4 Å². The summed E-state index contributed by atoms with van der Waals surface area (Å²) in [6.45, 7) is 3.81. The van der Waals surface area contributed by atoms with Crippen LogP contribution in [0.4, 0.5) is 5.69 Å². The van der Waals surface area contributed by atoms with E-state index in [0.717, 1.165) is 16.7 Å². The number of likely N-dealkylation sites (N-methyl/N-ethyl adjacent to an activating group) is 1. The molecule has 1 saturated heterocycles. The van der Waals surface area contributed by atoms with Crippen LogP contribution in [0.15, 0.2) is 53.1 Å². The van der Waals surface area contributed by atoms with Gasteiger partial charge < -0.3 is 5.32 Å². The van der Waals surface area contributed by atoms with E-state index in [-0.39, 0.29) is 11.5 Å². The maximum atomic E-state index is 13.4. The number of halogens is 1. The van der Waals surface area contributed by atoms with Crippen LogP contribution in [0.5, 0.6) is 0 Å². The number of carbonyl (C=O) groups excluding carboxylic acids is 2. The van der Waals surface area contributed by atoms with Gasteiger partial charge in [-0.15, -0.1) is 0 Å². The Morgan fingerprint density at radius 2 is 1.97 bits per heavy atom. The Morgan fingerprint density at radius 1 is 1.24 bits per heavy atom. The van der Waals surface area contributed by atoms with Gasteiger partial charge in [-0.2, -0.15) is 5.26 Å². The van der Waals surface area contributed by atoms with Crippen LogP contribution in [0.1, 0.15) is 16.7 Å². The zero-order valence-corrected chi connectivity index (χ0v) is 17.9. The SMILES string of the molecule is CNC(=O)/C(C#N)=C1/S[C@@H](Cc2ccc(C)c(Cl)c2)C(=O)N1c1ccccc1C. The minimum absolute atomic E-state index is 0.0708. The average molecular weight is 426 g/mol. The van der Waals surface area contributed by atoms with E-state index >= 15 is 0 Å². The highest BCUT2D eigenvalue weighted by molar-refractivity contribution is 8.05. The molecule has 7 heteroatoms. The molecule has 0 bridgehead atoms. The predicted molar refractivity (Wildman–Crippen MR) is 117 cm³/mol. The Morgan fingerprint density at radius 3 is 2.59 bits per heavy atom. The molecule has 0 saturated carbocycles. The van der Waals surface area contributed by atoms with Crippen LogP contribution in [-0.4, -0.2) is 24.1 Å². The second-order valence-electron chi connectivity index (χ2n) is 6.73. The normalized spacial score (nSPS) is 17.8. The first-order chi connectivity index (χ1) is 13.9. The number of nitriles is 1. The lowest BCUT2D eigenvalue weighted by Gasteiger charge is -2.20. The molecule has 0 radical (unpaired) electrons. The fourth-order valence-corrected chi connectivity index (χ4v) is 4.63. The highest BCUT2D eigenvalue weighted by Gasteiger charge is 2.41. The van der Waals surface area contributed by atoms with Gasteiger partial charge in [-0.3, -0.25) is 14.5 Å². The molecule has 5 nitrogen and oxygen atoms in total. The molecule has 0 spiro atoms. The largest absolute Gasteiger partial charge is 0.354 e. The van der Waals surface area contributed by atoms with Crippen LogP contribution >= 0.6 is 23.4 Å². The zero-order chi connectivity index (χ0) is 21.1. The van der Waals surface area contributed by atoms with Crippen LogP contribution in [0.25, 0.3) is 0 Å². The molecule has 1 heterocycles. The van der Waals surface area contributed by atoms with Crippen molar-refractivity contribution in [1.29, 1.82) is 5.26 Å². The van der Waals surface area contributed by atoms with Crippen molar-refractivity contribution in [2.75, 3.05) is 11.9 Å². The molecule has 1 aliphatic heterocycles. The topological polar surface area (TPSA) is 73.2 Å². The van der Waals surface area contributed by atoms with Gasteiger partial charge in [0, 0.05) is 12.1 Å². The fraction of sp³-hybridized carbons (Fsp3) is 0.227. The van der Waals surface area contributed by atoms with Gasteiger partial charge in [-0.1, -0.05) is 53.7 Å². The molecule has 2 aromatic rings. The van der Waals surface area contributed by atoms with Crippen molar-refractivity contribution in [3.8, 4) is 6.07 Å². The number of amides is 2. The Balaban J connectivity index is 2.07. The van der Waals surface area contributed by atoms with Gasteiger partial charge in [0.2, 0.25) is 5.91 Å². The number of anilines is 1. The third-order valence-electron chi connectivity index (χ3n) is 4.75. The quantitative estimate of drug-likeness (QED) is 0.590. The number of hydrogen-bond acceptors (Lipinski definition) is 4. The molecular weight excluding hydrogens is 406 g/mol. The van der Waals surface area contributed by atoms with E-state index in [2.05, 4.69) is 5.32 Å². The first kappa shape index (κ1) is 21.0. The molecule has 1 aliphatic rings. The van der Waals surface area contributed by atoms with Gasteiger partial charge in [0.05, 0.1) is 10.9 Å². The van der Waals surface area contributed by atoms with Crippen molar-refractivity contribution in [3.05, 3.63) is 74.8 Å². The van der Waals surface area contributed by atoms with Crippen LogP contribution in [-0.2, 0) is 16.0 Å². The molecule has 1 atom stereocenters. The summed E-state index contributed by atoms with van der Waals surface area (Å²) >= 11 is 7.48. The third-order valence-corrected chi connectivity index (χ3v) is 6.42. The van der Waals surface area contributed by atoms with Crippen LogP contribution in [0.2, 0.25) is 5.02 Å². The maximum Gasteiger partial charge on any atom is 0.264 e. The smallest absolute Gasteiger partial charge is 0.264 e. The van der Waals surface area contributed by atoms with E-state index in [1.165, 1.54) is 23.7 Å². The Labute approximate surface area is 179 Å². The van der Waals surface area contributed by atoms with E-state index in [4.69, 9.17) is 11.6 Å². The summed E-state index contributed by atoms with van der Waals surface area (Å²) in [6, 6.07) is 15.1. The maximum absolute atomic E-state index is 13.4. The third kappa shape index (κ3) is 4.16. The number of rotatable bonds is 4. The van der Waals surface area contributed by atoms with E-state index < -0.39 is 11.2 Å². The first-order valence-corrected chi connectivity index (χ1v) is 10.3. The van der Waals surface area contributed by atoms with Crippen molar-refractivity contribution in [3.63, 3.8) is 0 Å². The summed E-state index contributed by atoms with van der Waals surface area (Å²) in [7, 11) is 1.46. The van der Waals surface area contributed by atoms with E-state index in [9.17, 15) is 14.9 Å². The fourth-order valence-electron chi connectivity index (χ4n) is 3.12. The molecule has 29 heavy (non-hydrogen) atoms. The first-order valence-electron chi connectivity index (χ1n) is 9.05.